The van der Waals surface area contributed by atoms with Gasteiger partial charge in [-0.1, -0.05) is 24.3 Å². The zero-order valence-electron chi connectivity index (χ0n) is 16.1. The number of nitrogens with one attached hydrogen (secondary N) is 1. The number of ether oxygens (including phenoxy) is 1. The van der Waals surface area contributed by atoms with E-state index in [4.69, 9.17) is 9.15 Å². The normalized spacial score (nSPS) is 10.5. The fraction of sp³-hybridized carbons (Fsp3) is 0.227. The molecule has 0 radical (unpaired) electrons. The second-order valence-corrected chi connectivity index (χ2v) is 6.52. The van der Waals surface area contributed by atoms with E-state index in [1.54, 1.807) is 31.4 Å². The first-order valence-electron chi connectivity index (χ1n) is 9.28. The van der Waals surface area contributed by atoms with Crippen LogP contribution in [0.4, 0.5) is 5.69 Å². The van der Waals surface area contributed by atoms with Crippen LogP contribution in [-0.2, 0) is 17.6 Å². The van der Waals surface area contributed by atoms with Crippen LogP contribution in [0.3, 0.4) is 0 Å². The molecule has 0 atom stereocenters. The van der Waals surface area contributed by atoms with Gasteiger partial charge in [-0.3, -0.25) is 14.9 Å². The molecule has 7 heteroatoms. The van der Waals surface area contributed by atoms with Crippen LogP contribution in [0.2, 0.25) is 0 Å². The van der Waals surface area contributed by atoms with Gasteiger partial charge in [0, 0.05) is 37.1 Å². The van der Waals surface area contributed by atoms with Gasteiger partial charge in [0.05, 0.1) is 12.0 Å². The van der Waals surface area contributed by atoms with Gasteiger partial charge in [0.25, 0.3) is 5.69 Å². The van der Waals surface area contributed by atoms with Crippen molar-refractivity contribution in [3.05, 3.63) is 82.1 Å². The lowest BCUT2D eigenvalue weighted by Crippen LogP contribution is -2.25. The van der Waals surface area contributed by atoms with E-state index in [9.17, 15) is 14.9 Å². The Balaban J connectivity index is 1.46. The van der Waals surface area contributed by atoms with Crippen molar-refractivity contribution in [1.82, 2.24) is 5.32 Å². The molecular formula is C22H22N2O5. The zero-order chi connectivity index (χ0) is 20.6. The number of nitro groups is 1. The topological polar surface area (TPSA) is 94.6 Å². The molecule has 0 spiro atoms. The summed E-state index contributed by atoms with van der Waals surface area (Å²) < 4.78 is 10.9. The maximum Gasteiger partial charge on any atom is 0.270 e. The van der Waals surface area contributed by atoms with Gasteiger partial charge in [-0.2, -0.15) is 0 Å². The average Bonchev–Trinajstić information content (AvgIpc) is 3.22. The Kier molecular flexibility index (Phi) is 6.63. The lowest BCUT2D eigenvalue weighted by Gasteiger charge is -2.06. The number of hydrogen-bond donors (Lipinski definition) is 1. The predicted molar refractivity (Wildman–Crippen MR) is 109 cm³/mol. The summed E-state index contributed by atoms with van der Waals surface area (Å²) in [6.07, 6.45) is 1.52. The Morgan fingerprint density at radius 3 is 2.62 bits per heavy atom. The third-order valence-corrected chi connectivity index (χ3v) is 4.50. The SMILES string of the molecule is COc1ccc(CCNC(=O)CCc2ccc(-c3cccc([N+](=O)[O-])c3)o2)cc1. The largest absolute Gasteiger partial charge is 0.497 e. The molecule has 0 bridgehead atoms. The van der Waals surface area contributed by atoms with Crippen LogP contribution in [0.15, 0.2) is 65.1 Å². The van der Waals surface area contributed by atoms with E-state index in [-0.39, 0.29) is 11.6 Å². The van der Waals surface area contributed by atoms with E-state index >= 15 is 0 Å². The molecule has 0 aliphatic heterocycles. The number of amides is 1. The number of methoxy groups -OCH3 is 1. The molecule has 0 unspecified atom stereocenters. The van der Waals surface area contributed by atoms with E-state index in [1.807, 2.05) is 24.3 Å². The summed E-state index contributed by atoms with van der Waals surface area (Å²) in [6.45, 7) is 0.558. The van der Waals surface area contributed by atoms with Crippen LogP contribution in [0, 0.1) is 10.1 Å². The fourth-order valence-electron chi connectivity index (χ4n) is 2.90. The van der Waals surface area contributed by atoms with E-state index in [0.717, 1.165) is 17.7 Å². The number of furan rings is 1. The highest BCUT2D eigenvalue weighted by molar-refractivity contribution is 5.76. The molecule has 0 fully saturated rings. The minimum Gasteiger partial charge on any atom is -0.497 e. The molecule has 1 heterocycles. The van der Waals surface area contributed by atoms with E-state index in [2.05, 4.69) is 5.32 Å². The van der Waals surface area contributed by atoms with Gasteiger partial charge >= 0.3 is 0 Å². The monoisotopic (exact) mass is 394 g/mol. The van der Waals surface area contributed by atoms with E-state index in [1.165, 1.54) is 12.1 Å². The maximum absolute atomic E-state index is 12.1. The predicted octanol–water partition coefficient (Wildman–Crippen LogP) is 4.15. The second-order valence-electron chi connectivity index (χ2n) is 6.52. The Labute approximate surface area is 168 Å². The number of non-ortho nitro benzene ring substituents is 1. The first-order valence-corrected chi connectivity index (χ1v) is 9.28. The van der Waals surface area contributed by atoms with E-state index < -0.39 is 4.92 Å². The molecule has 29 heavy (non-hydrogen) atoms. The molecule has 0 saturated heterocycles. The van der Waals surface area contributed by atoms with Crippen molar-refractivity contribution >= 4 is 11.6 Å². The number of nitrogens with zero attached hydrogens (tertiary/aromatic N) is 1. The smallest absolute Gasteiger partial charge is 0.270 e. The van der Waals surface area contributed by atoms with Crippen molar-refractivity contribution in [3.8, 4) is 17.1 Å². The fourth-order valence-corrected chi connectivity index (χ4v) is 2.90. The van der Waals surface area contributed by atoms with Gasteiger partial charge in [-0.25, -0.2) is 0 Å². The number of rotatable bonds is 9. The molecule has 2 aromatic carbocycles. The summed E-state index contributed by atoms with van der Waals surface area (Å²) >= 11 is 0. The first kappa shape index (κ1) is 20.1. The molecule has 3 rings (SSSR count). The highest BCUT2D eigenvalue weighted by Gasteiger charge is 2.11. The van der Waals surface area contributed by atoms with Crippen molar-refractivity contribution < 1.29 is 18.9 Å². The lowest BCUT2D eigenvalue weighted by atomic mass is 10.1. The summed E-state index contributed by atoms with van der Waals surface area (Å²) in [4.78, 5) is 22.5. The molecule has 1 amide bonds. The van der Waals surface area contributed by atoms with Gasteiger partial charge in [0.15, 0.2) is 0 Å². The standard InChI is InChI=1S/C22H22N2O5/c1-28-19-7-5-16(6-8-19)13-14-23-22(25)12-10-20-9-11-21(29-20)17-3-2-4-18(15-17)24(26)27/h2-9,11,15H,10,12-14H2,1H3,(H,23,25). The molecule has 150 valence electrons. The molecule has 7 nitrogen and oxygen atoms in total. The van der Waals surface area contributed by atoms with Crippen LogP contribution in [0.5, 0.6) is 5.75 Å². The Morgan fingerprint density at radius 1 is 1.10 bits per heavy atom. The third-order valence-electron chi connectivity index (χ3n) is 4.50. The van der Waals surface area contributed by atoms with Crippen molar-refractivity contribution in [2.75, 3.05) is 13.7 Å². The molecular weight excluding hydrogens is 372 g/mol. The van der Waals surface area contributed by atoms with Gasteiger partial charge < -0.3 is 14.5 Å². The second kappa shape index (κ2) is 9.54. The van der Waals surface area contributed by atoms with Gasteiger partial charge in [0.1, 0.15) is 17.3 Å². The van der Waals surface area contributed by atoms with Gasteiger partial charge in [0.2, 0.25) is 5.91 Å². The Hall–Kier alpha value is -3.61. The summed E-state index contributed by atoms with van der Waals surface area (Å²) in [5.41, 5.74) is 1.77. The lowest BCUT2D eigenvalue weighted by molar-refractivity contribution is -0.384. The average molecular weight is 394 g/mol. The zero-order valence-corrected chi connectivity index (χ0v) is 16.1. The quantitative estimate of drug-likeness (QED) is 0.434. The number of carbonyl (C=O) groups excluding carboxylic acids is 1. The molecule has 0 saturated carbocycles. The van der Waals surface area contributed by atoms with Crippen molar-refractivity contribution in [3.63, 3.8) is 0 Å². The van der Waals surface area contributed by atoms with Crippen molar-refractivity contribution in [1.29, 1.82) is 0 Å². The highest BCUT2D eigenvalue weighted by atomic mass is 16.6. The van der Waals surface area contributed by atoms with Crippen LogP contribution in [0.25, 0.3) is 11.3 Å². The van der Waals surface area contributed by atoms with Crippen LogP contribution in [-0.4, -0.2) is 24.5 Å². The number of benzene rings is 2. The molecule has 1 aromatic heterocycles. The van der Waals surface area contributed by atoms with Gasteiger partial charge in [-0.15, -0.1) is 0 Å². The highest BCUT2D eigenvalue weighted by Crippen LogP contribution is 2.26. The summed E-state index contributed by atoms with van der Waals surface area (Å²) in [5.74, 6) is 1.97. The number of carbonyl (C=O) groups is 1. The minimum atomic E-state index is -0.441. The summed E-state index contributed by atoms with van der Waals surface area (Å²) in [7, 11) is 1.63. The van der Waals surface area contributed by atoms with Crippen LogP contribution in [0.1, 0.15) is 17.7 Å². The number of hydrogen-bond acceptors (Lipinski definition) is 5. The first-order chi connectivity index (χ1) is 14.0. The van der Waals surface area contributed by atoms with Crippen molar-refractivity contribution in [2.24, 2.45) is 0 Å². The summed E-state index contributed by atoms with van der Waals surface area (Å²) in [6, 6.07) is 17.6. The van der Waals surface area contributed by atoms with Crippen LogP contribution < -0.4 is 10.1 Å². The summed E-state index contributed by atoms with van der Waals surface area (Å²) in [5, 5.41) is 13.8. The minimum absolute atomic E-state index is 0.0108. The maximum atomic E-state index is 12.1. The number of aryl methyl sites for hydroxylation is 1. The Morgan fingerprint density at radius 2 is 1.90 bits per heavy atom. The van der Waals surface area contributed by atoms with Crippen LogP contribution >= 0.6 is 0 Å². The van der Waals surface area contributed by atoms with Crippen molar-refractivity contribution in [2.45, 2.75) is 19.3 Å². The third kappa shape index (κ3) is 5.68. The van der Waals surface area contributed by atoms with E-state index in [0.29, 0.717) is 36.5 Å². The molecule has 3 aromatic rings. The Bertz CT molecular complexity index is 979. The molecule has 0 aliphatic rings. The van der Waals surface area contributed by atoms with Gasteiger partial charge in [-0.05, 0) is 36.2 Å². The molecule has 1 N–H and O–H groups in total. The molecule has 0 aliphatic carbocycles. The number of nitro benzene ring substituents is 1.